The van der Waals surface area contributed by atoms with Gasteiger partial charge in [-0.05, 0) is 50.8 Å². The molecule has 0 radical (unpaired) electrons. The number of hydrogen-bond acceptors (Lipinski definition) is 5. The standard InChI is InChI=1S/C25H37N3O4/c1-2-14-28(19-23(29)26-21-8-12-25(13-9-21)31-17-18-32-25)22-10-15-27(16-11-22)24(30)20-6-4-3-5-7-20/h3-7,21-22H,2,8-19H2,1H3,(H,26,29). The van der Waals surface area contributed by atoms with Gasteiger partial charge in [-0.15, -0.1) is 0 Å². The van der Waals surface area contributed by atoms with Crippen molar-refractivity contribution in [1.82, 2.24) is 15.1 Å². The van der Waals surface area contributed by atoms with Gasteiger partial charge in [-0.1, -0.05) is 25.1 Å². The van der Waals surface area contributed by atoms with Crippen LogP contribution in [0.3, 0.4) is 0 Å². The maximum absolute atomic E-state index is 12.8. The zero-order chi connectivity index (χ0) is 22.4. The zero-order valence-electron chi connectivity index (χ0n) is 19.3. The fraction of sp³-hybridized carbons (Fsp3) is 0.680. The average molecular weight is 444 g/mol. The molecule has 32 heavy (non-hydrogen) atoms. The summed E-state index contributed by atoms with van der Waals surface area (Å²) in [4.78, 5) is 29.8. The Hall–Kier alpha value is -1.96. The lowest BCUT2D eigenvalue weighted by molar-refractivity contribution is -0.180. The molecule has 1 N–H and O–H groups in total. The van der Waals surface area contributed by atoms with E-state index in [9.17, 15) is 9.59 Å². The van der Waals surface area contributed by atoms with Gasteiger partial charge < -0.3 is 19.7 Å². The Balaban J connectivity index is 1.24. The van der Waals surface area contributed by atoms with E-state index in [1.54, 1.807) is 0 Å². The molecule has 2 heterocycles. The van der Waals surface area contributed by atoms with Crippen LogP contribution >= 0.6 is 0 Å². The molecule has 3 aliphatic rings. The molecule has 0 unspecified atom stereocenters. The molecule has 7 nitrogen and oxygen atoms in total. The first-order valence-corrected chi connectivity index (χ1v) is 12.2. The summed E-state index contributed by atoms with van der Waals surface area (Å²) in [6, 6.07) is 10.0. The average Bonchev–Trinajstić information content (AvgIpc) is 3.29. The smallest absolute Gasteiger partial charge is 0.253 e. The Morgan fingerprint density at radius 3 is 2.34 bits per heavy atom. The number of nitrogens with one attached hydrogen (secondary N) is 1. The molecule has 1 saturated carbocycles. The molecule has 1 aromatic rings. The number of ether oxygens (including phenoxy) is 2. The number of likely N-dealkylation sites (tertiary alicyclic amines) is 1. The minimum Gasteiger partial charge on any atom is -0.352 e. The molecule has 7 heteroatoms. The fourth-order valence-corrected chi connectivity index (χ4v) is 5.32. The molecule has 2 aliphatic heterocycles. The number of carbonyl (C=O) groups excluding carboxylic acids is 2. The van der Waals surface area contributed by atoms with Gasteiger partial charge in [0.2, 0.25) is 5.91 Å². The SMILES string of the molecule is CCCN(CC(=O)NC1CCC2(CC1)OCCO2)C1CCN(C(=O)c2ccccc2)CC1. The predicted molar refractivity (Wildman–Crippen MR) is 122 cm³/mol. The van der Waals surface area contributed by atoms with Crippen LogP contribution in [0.15, 0.2) is 30.3 Å². The van der Waals surface area contributed by atoms with Crippen molar-refractivity contribution in [2.24, 2.45) is 0 Å². The van der Waals surface area contributed by atoms with E-state index in [-0.39, 0.29) is 23.6 Å². The van der Waals surface area contributed by atoms with E-state index in [1.807, 2.05) is 35.2 Å². The molecule has 1 aliphatic carbocycles. The summed E-state index contributed by atoms with van der Waals surface area (Å²) < 4.78 is 11.6. The lowest BCUT2D eigenvalue weighted by Gasteiger charge is -2.39. The lowest BCUT2D eigenvalue weighted by atomic mass is 9.90. The second-order valence-electron chi connectivity index (χ2n) is 9.31. The maximum Gasteiger partial charge on any atom is 0.253 e. The second-order valence-corrected chi connectivity index (χ2v) is 9.31. The minimum absolute atomic E-state index is 0.106. The van der Waals surface area contributed by atoms with E-state index < -0.39 is 0 Å². The summed E-state index contributed by atoms with van der Waals surface area (Å²) in [5.74, 6) is -0.176. The lowest BCUT2D eigenvalue weighted by Crippen LogP contribution is -2.51. The Morgan fingerprint density at radius 2 is 1.72 bits per heavy atom. The van der Waals surface area contributed by atoms with Crippen molar-refractivity contribution in [2.45, 2.75) is 69.7 Å². The largest absolute Gasteiger partial charge is 0.352 e. The van der Waals surface area contributed by atoms with Crippen molar-refractivity contribution >= 4 is 11.8 Å². The van der Waals surface area contributed by atoms with Crippen molar-refractivity contribution in [3.8, 4) is 0 Å². The normalized spacial score (nSPS) is 21.9. The summed E-state index contributed by atoms with van der Waals surface area (Å²) in [5, 5.41) is 3.25. The molecule has 0 atom stereocenters. The molecular formula is C25H37N3O4. The molecule has 2 saturated heterocycles. The minimum atomic E-state index is -0.388. The van der Waals surface area contributed by atoms with E-state index in [2.05, 4.69) is 17.1 Å². The highest BCUT2D eigenvalue weighted by Crippen LogP contribution is 2.35. The van der Waals surface area contributed by atoms with Crippen LogP contribution in [0, 0.1) is 0 Å². The van der Waals surface area contributed by atoms with Crippen LogP contribution < -0.4 is 5.32 Å². The van der Waals surface area contributed by atoms with Gasteiger partial charge in [-0.25, -0.2) is 0 Å². The summed E-state index contributed by atoms with van der Waals surface area (Å²) in [7, 11) is 0. The first-order valence-electron chi connectivity index (χ1n) is 12.2. The Labute approximate surface area is 191 Å². The summed E-state index contributed by atoms with van der Waals surface area (Å²) in [5.41, 5.74) is 0.749. The molecule has 3 fully saturated rings. The maximum atomic E-state index is 12.8. The Morgan fingerprint density at radius 1 is 1.06 bits per heavy atom. The van der Waals surface area contributed by atoms with Crippen LogP contribution in [0.5, 0.6) is 0 Å². The third-order valence-electron chi connectivity index (χ3n) is 7.07. The molecular weight excluding hydrogens is 406 g/mol. The van der Waals surface area contributed by atoms with Crippen LogP contribution in [-0.2, 0) is 14.3 Å². The molecule has 2 amide bonds. The van der Waals surface area contributed by atoms with Gasteiger partial charge in [-0.2, -0.15) is 0 Å². The topological polar surface area (TPSA) is 71.1 Å². The number of benzene rings is 1. The number of carbonyl (C=O) groups is 2. The molecule has 4 rings (SSSR count). The fourth-order valence-electron chi connectivity index (χ4n) is 5.32. The first-order chi connectivity index (χ1) is 15.6. The van der Waals surface area contributed by atoms with Gasteiger partial charge in [0.15, 0.2) is 5.79 Å². The Bertz CT molecular complexity index is 748. The van der Waals surface area contributed by atoms with E-state index in [0.717, 1.165) is 70.1 Å². The monoisotopic (exact) mass is 443 g/mol. The van der Waals surface area contributed by atoms with Crippen LogP contribution in [0.1, 0.15) is 62.2 Å². The highest BCUT2D eigenvalue weighted by atomic mass is 16.7. The number of hydrogen-bond donors (Lipinski definition) is 1. The first kappa shape index (κ1) is 23.2. The van der Waals surface area contributed by atoms with Gasteiger partial charge in [0.05, 0.1) is 19.8 Å². The second kappa shape index (κ2) is 10.8. The van der Waals surface area contributed by atoms with Crippen molar-refractivity contribution in [2.75, 3.05) is 39.4 Å². The van der Waals surface area contributed by atoms with Crippen molar-refractivity contribution in [3.63, 3.8) is 0 Å². The van der Waals surface area contributed by atoms with Gasteiger partial charge in [0.1, 0.15) is 0 Å². The van der Waals surface area contributed by atoms with Crippen LogP contribution in [0.4, 0.5) is 0 Å². The van der Waals surface area contributed by atoms with Crippen molar-refractivity contribution in [1.29, 1.82) is 0 Å². The molecule has 176 valence electrons. The van der Waals surface area contributed by atoms with E-state index in [4.69, 9.17) is 9.47 Å². The summed E-state index contributed by atoms with van der Waals surface area (Å²) >= 11 is 0. The van der Waals surface area contributed by atoms with Gasteiger partial charge in [-0.3, -0.25) is 14.5 Å². The third kappa shape index (κ3) is 5.69. The van der Waals surface area contributed by atoms with E-state index in [0.29, 0.717) is 25.8 Å². The highest BCUT2D eigenvalue weighted by Gasteiger charge is 2.40. The molecule has 0 aromatic heterocycles. The number of nitrogens with zero attached hydrogens (tertiary/aromatic N) is 2. The van der Waals surface area contributed by atoms with Crippen LogP contribution in [-0.4, -0.2) is 78.9 Å². The third-order valence-corrected chi connectivity index (χ3v) is 7.07. The van der Waals surface area contributed by atoms with E-state index >= 15 is 0 Å². The summed E-state index contributed by atoms with van der Waals surface area (Å²) in [6.07, 6.45) is 6.34. The Kier molecular flexibility index (Phi) is 7.81. The van der Waals surface area contributed by atoms with Gasteiger partial charge in [0, 0.05) is 43.6 Å². The van der Waals surface area contributed by atoms with Gasteiger partial charge >= 0.3 is 0 Å². The highest BCUT2D eigenvalue weighted by molar-refractivity contribution is 5.94. The summed E-state index contributed by atoms with van der Waals surface area (Å²) in [6.45, 7) is 6.33. The van der Waals surface area contributed by atoms with Crippen LogP contribution in [0.25, 0.3) is 0 Å². The number of rotatable bonds is 7. The predicted octanol–water partition coefficient (Wildman–Crippen LogP) is 2.81. The van der Waals surface area contributed by atoms with E-state index in [1.165, 1.54) is 0 Å². The molecule has 1 aromatic carbocycles. The number of amides is 2. The molecule has 1 spiro atoms. The quantitative estimate of drug-likeness (QED) is 0.702. The molecule has 0 bridgehead atoms. The van der Waals surface area contributed by atoms with Gasteiger partial charge in [0.25, 0.3) is 5.91 Å². The van der Waals surface area contributed by atoms with Crippen molar-refractivity contribution in [3.05, 3.63) is 35.9 Å². The zero-order valence-corrected chi connectivity index (χ0v) is 19.3. The van der Waals surface area contributed by atoms with Crippen LogP contribution in [0.2, 0.25) is 0 Å². The number of piperidine rings is 1. The van der Waals surface area contributed by atoms with Crippen molar-refractivity contribution < 1.29 is 19.1 Å².